The first-order valence-corrected chi connectivity index (χ1v) is 8.50. The molecule has 0 aromatic heterocycles. The highest BCUT2D eigenvalue weighted by atomic mass is 127. The summed E-state index contributed by atoms with van der Waals surface area (Å²) >= 11 is 0. The molecule has 0 bridgehead atoms. The van der Waals surface area contributed by atoms with Gasteiger partial charge in [-0.1, -0.05) is 12.1 Å². The maximum Gasteiger partial charge on any atom is 0.573 e. The summed E-state index contributed by atoms with van der Waals surface area (Å²) in [7, 11) is 0. The molecule has 2 aromatic rings. The number of aliphatic hydroxyl groups is 1. The summed E-state index contributed by atoms with van der Waals surface area (Å²) in [6.45, 7) is 3.80. The van der Waals surface area contributed by atoms with Crippen LogP contribution < -0.4 is 20.5 Å². The maximum atomic E-state index is 12.1. The van der Waals surface area contributed by atoms with E-state index in [1.54, 1.807) is 24.3 Å². The van der Waals surface area contributed by atoms with Crippen molar-refractivity contribution in [2.75, 3.05) is 11.9 Å². The third kappa shape index (κ3) is 9.22. The summed E-state index contributed by atoms with van der Waals surface area (Å²) < 4.78 is 45.8. The van der Waals surface area contributed by atoms with Crippen LogP contribution in [0.4, 0.5) is 18.9 Å². The van der Waals surface area contributed by atoms with E-state index in [0.29, 0.717) is 11.3 Å². The summed E-state index contributed by atoms with van der Waals surface area (Å²) in [5.41, 5.74) is 6.88. The molecule has 29 heavy (non-hydrogen) atoms. The first kappa shape index (κ1) is 24.8. The number of ether oxygens (including phenoxy) is 2. The lowest BCUT2D eigenvalue weighted by Gasteiger charge is -2.13. The monoisotopic (exact) mass is 525 g/mol. The van der Waals surface area contributed by atoms with Crippen molar-refractivity contribution in [3.63, 3.8) is 0 Å². The molecule has 0 aliphatic rings. The van der Waals surface area contributed by atoms with Crippen molar-refractivity contribution in [2.45, 2.75) is 32.4 Å². The van der Waals surface area contributed by atoms with Crippen molar-refractivity contribution in [2.24, 2.45) is 10.7 Å². The Morgan fingerprint density at radius 3 is 2.14 bits per heavy atom. The van der Waals surface area contributed by atoms with Crippen LogP contribution in [0.3, 0.4) is 0 Å². The number of aliphatic imine (C=N–C) groups is 1. The van der Waals surface area contributed by atoms with Crippen LogP contribution in [-0.2, 0) is 0 Å². The lowest BCUT2D eigenvalue weighted by Crippen LogP contribution is -2.23. The van der Waals surface area contributed by atoms with E-state index in [9.17, 15) is 18.3 Å². The Balaban J connectivity index is 0.00000420. The molecule has 0 radical (unpaired) electrons. The van der Waals surface area contributed by atoms with Crippen LogP contribution in [0.15, 0.2) is 53.5 Å². The lowest BCUT2D eigenvalue weighted by molar-refractivity contribution is -0.274. The fourth-order valence-electron chi connectivity index (χ4n) is 2.26. The van der Waals surface area contributed by atoms with Gasteiger partial charge in [0.15, 0.2) is 5.96 Å². The number of hydrogen-bond donors (Lipinski definition) is 3. The average molecular weight is 525 g/mol. The van der Waals surface area contributed by atoms with Crippen LogP contribution in [0.5, 0.6) is 11.5 Å². The molecule has 1 atom stereocenters. The predicted octanol–water partition coefficient (Wildman–Crippen LogP) is 4.45. The van der Waals surface area contributed by atoms with Gasteiger partial charge >= 0.3 is 6.36 Å². The average Bonchev–Trinajstić information content (AvgIpc) is 2.60. The smallest absolute Gasteiger partial charge is 0.491 e. The summed E-state index contributed by atoms with van der Waals surface area (Å²) in [5.74, 6) is 0.455. The van der Waals surface area contributed by atoms with Crippen molar-refractivity contribution in [3.05, 3.63) is 54.1 Å². The molecule has 6 nitrogen and oxygen atoms in total. The van der Waals surface area contributed by atoms with Gasteiger partial charge in [-0.2, -0.15) is 0 Å². The zero-order valence-electron chi connectivity index (χ0n) is 15.8. The molecular formula is C19H23F3IN3O3. The van der Waals surface area contributed by atoms with Crippen LogP contribution in [0.1, 0.15) is 25.5 Å². The SMILES string of the molecule is CC(C)Oc1ccc(NC(N)=NCC(O)c2ccc(OC(F)(F)F)cc2)cc1.I. The molecule has 2 rings (SSSR count). The van der Waals surface area contributed by atoms with E-state index in [0.717, 1.165) is 17.9 Å². The fourth-order valence-corrected chi connectivity index (χ4v) is 2.26. The van der Waals surface area contributed by atoms with Gasteiger partial charge in [0.25, 0.3) is 0 Å². The molecule has 160 valence electrons. The highest BCUT2D eigenvalue weighted by Gasteiger charge is 2.31. The highest BCUT2D eigenvalue weighted by molar-refractivity contribution is 14.0. The molecule has 4 N–H and O–H groups in total. The number of benzene rings is 2. The van der Waals surface area contributed by atoms with Crippen molar-refractivity contribution in [1.82, 2.24) is 0 Å². The Morgan fingerprint density at radius 1 is 1.07 bits per heavy atom. The van der Waals surface area contributed by atoms with Crippen molar-refractivity contribution in [3.8, 4) is 11.5 Å². The van der Waals surface area contributed by atoms with E-state index in [-0.39, 0.29) is 48.3 Å². The molecule has 0 saturated heterocycles. The topological polar surface area (TPSA) is 89.1 Å². The molecule has 0 saturated carbocycles. The summed E-state index contributed by atoms with van der Waals surface area (Å²) in [6, 6.07) is 12.0. The molecule has 0 amide bonds. The molecule has 1 unspecified atom stereocenters. The number of nitrogens with one attached hydrogen (secondary N) is 1. The second-order valence-electron chi connectivity index (χ2n) is 6.17. The van der Waals surface area contributed by atoms with Crippen molar-refractivity contribution in [1.29, 1.82) is 0 Å². The molecule has 0 fully saturated rings. The number of anilines is 1. The number of halogens is 4. The minimum absolute atomic E-state index is 0. The largest absolute Gasteiger partial charge is 0.573 e. The number of aliphatic hydroxyl groups excluding tert-OH is 1. The van der Waals surface area contributed by atoms with Crippen molar-refractivity contribution >= 4 is 35.6 Å². The summed E-state index contributed by atoms with van der Waals surface area (Å²) in [4.78, 5) is 4.04. The van der Waals surface area contributed by atoms with Gasteiger partial charge in [-0.25, -0.2) is 0 Å². The Morgan fingerprint density at radius 2 is 1.62 bits per heavy atom. The Kier molecular flexibility index (Phi) is 9.50. The molecule has 0 aliphatic heterocycles. The second-order valence-corrected chi connectivity index (χ2v) is 6.17. The van der Waals surface area contributed by atoms with Gasteiger partial charge in [-0.3, -0.25) is 4.99 Å². The quantitative estimate of drug-likeness (QED) is 0.283. The fraction of sp³-hybridized carbons (Fsp3) is 0.316. The van der Waals surface area contributed by atoms with Gasteiger partial charge in [0, 0.05) is 5.69 Å². The molecule has 0 heterocycles. The molecular weight excluding hydrogens is 502 g/mol. The normalized spacial score (nSPS) is 12.9. The van der Waals surface area contributed by atoms with Crippen LogP contribution >= 0.6 is 24.0 Å². The van der Waals surface area contributed by atoms with Crippen LogP contribution in [0.2, 0.25) is 0 Å². The number of rotatable bonds is 7. The maximum absolute atomic E-state index is 12.1. The van der Waals surface area contributed by atoms with Crippen molar-refractivity contribution < 1.29 is 27.8 Å². The Labute approximate surface area is 183 Å². The van der Waals surface area contributed by atoms with Crippen LogP contribution in [0, 0.1) is 0 Å². The number of nitrogens with zero attached hydrogens (tertiary/aromatic N) is 1. The minimum atomic E-state index is -4.76. The molecule has 2 aromatic carbocycles. The van der Waals surface area contributed by atoms with Crippen LogP contribution in [-0.4, -0.2) is 30.1 Å². The van der Waals surface area contributed by atoms with E-state index in [4.69, 9.17) is 10.5 Å². The highest BCUT2D eigenvalue weighted by Crippen LogP contribution is 2.24. The van der Waals surface area contributed by atoms with Gasteiger partial charge in [0.05, 0.1) is 18.8 Å². The van der Waals surface area contributed by atoms with E-state index in [2.05, 4.69) is 15.0 Å². The number of alkyl halides is 3. The van der Waals surface area contributed by atoms with Gasteiger partial charge in [0.2, 0.25) is 0 Å². The van der Waals surface area contributed by atoms with E-state index in [1.165, 1.54) is 12.1 Å². The van der Waals surface area contributed by atoms with Gasteiger partial charge < -0.3 is 25.6 Å². The lowest BCUT2D eigenvalue weighted by atomic mass is 10.1. The Hall–Kier alpha value is -2.21. The van der Waals surface area contributed by atoms with E-state index >= 15 is 0 Å². The molecule has 0 spiro atoms. The molecule has 10 heteroatoms. The summed E-state index contributed by atoms with van der Waals surface area (Å²) in [6.07, 6.45) is -5.72. The standard InChI is InChI=1S/C19H22F3N3O3.HI/c1-12(2)27-15-9-5-14(6-10-15)25-18(23)24-11-17(26)13-3-7-16(8-4-13)28-19(20,21)22;/h3-10,12,17,26H,11H2,1-2H3,(H3,23,24,25);1H. The first-order valence-electron chi connectivity index (χ1n) is 8.50. The minimum Gasteiger partial charge on any atom is -0.491 e. The van der Waals surface area contributed by atoms with E-state index < -0.39 is 12.5 Å². The van der Waals surface area contributed by atoms with E-state index in [1.807, 2.05) is 13.8 Å². The number of hydrogen-bond acceptors (Lipinski definition) is 4. The third-order valence-electron chi connectivity index (χ3n) is 3.43. The first-order chi connectivity index (χ1) is 13.1. The van der Waals surface area contributed by atoms with Gasteiger partial charge in [0.1, 0.15) is 11.5 Å². The van der Waals surface area contributed by atoms with Gasteiger partial charge in [-0.05, 0) is 55.8 Å². The molecule has 0 aliphatic carbocycles. The van der Waals surface area contributed by atoms with Crippen LogP contribution in [0.25, 0.3) is 0 Å². The number of nitrogens with two attached hydrogens (primary N) is 1. The third-order valence-corrected chi connectivity index (χ3v) is 3.43. The number of guanidine groups is 1. The second kappa shape index (κ2) is 11.1. The Bertz CT molecular complexity index is 782. The van der Waals surface area contributed by atoms with Gasteiger partial charge in [-0.15, -0.1) is 37.1 Å². The predicted molar refractivity (Wildman–Crippen MR) is 116 cm³/mol. The zero-order chi connectivity index (χ0) is 20.7. The summed E-state index contributed by atoms with van der Waals surface area (Å²) in [5, 5.41) is 13.0. The zero-order valence-corrected chi connectivity index (χ0v) is 18.1.